The Bertz CT molecular complexity index is 646. The van der Waals surface area contributed by atoms with Gasteiger partial charge in [-0.25, -0.2) is 9.55 Å². The molecule has 0 radical (unpaired) electrons. The summed E-state index contributed by atoms with van der Waals surface area (Å²) in [5.41, 5.74) is 1.39. The molecule has 2 rings (SSSR count). The molecule has 174 valence electrons. The molecule has 1 N–H and O–H groups in total. The van der Waals surface area contributed by atoms with Crippen molar-refractivity contribution in [1.29, 1.82) is 0 Å². The van der Waals surface area contributed by atoms with Crippen LogP contribution in [0.3, 0.4) is 0 Å². The Hall–Kier alpha value is -1.57. The van der Waals surface area contributed by atoms with Gasteiger partial charge in [-0.15, -0.1) is 0 Å². The third-order valence-electron chi connectivity index (χ3n) is 6.69. The Morgan fingerprint density at radius 3 is 1.74 bits per heavy atom. The van der Waals surface area contributed by atoms with Crippen molar-refractivity contribution < 1.29 is 4.57 Å². The van der Waals surface area contributed by atoms with Crippen LogP contribution in [0.4, 0.5) is 0 Å². The van der Waals surface area contributed by atoms with Gasteiger partial charge in [0.1, 0.15) is 18.9 Å². The minimum Gasteiger partial charge on any atom is -0.247 e. The Balaban J connectivity index is 1.82. The van der Waals surface area contributed by atoms with Crippen molar-refractivity contribution in [3.8, 4) is 0 Å². The fourth-order valence-corrected chi connectivity index (χ4v) is 4.76. The van der Waals surface area contributed by atoms with Gasteiger partial charge in [0.2, 0.25) is 0 Å². The lowest BCUT2D eigenvalue weighted by molar-refractivity contribution is -0.695. The fourth-order valence-electron chi connectivity index (χ4n) is 4.76. The second-order valence-corrected chi connectivity index (χ2v) is 9.48. The maximum absolute atomic E-state index is 3.62. The zero-order valence-electron chi connectivity index (χ0n) is 20.6. The summed E-state index contributed by atoms with van der Waals surface area (Å²) in [6.45, 7) is 5.58. The van der Waals surface area contributed by atoms with Gasteiger partial charge in [-0.2, -0.15) is 0 Å². The van der Waals surface area contributed by atoms with Crippen LogP contribution in [-0.4, -0.2) is 4.98 Å². The van der Waals surface area contributed by atoms with E-state index in [0.29, 0.717) is 5.92 Å². The smallest absolute Gasteiger partial charge is 0.247 e. The van der Waals surface area contributed by atoms with Crippen LogP contribution in [0.2, 0.25) is 0 Å². The van der Waals surface area contributed by atoms with Gasteiger partial charge < -0.3 is 0 Å². The van der Waals surface area contributed by atoms with E-state index in [9.17, 15) is 0 Å². The zero-order chi connectivity index (χ0) is 22.0. The molecule has 0 amide bonds. The second kappa shape index (κ2) is 17.0. The van der Waals surface area contributed by atoms with Crippen LogP contribution in [0.5, 0.6) is 0 Å². The molecule has 0 aliphatic carbocycles. The number of hydrogen-bond acceptors (Lipinski definition) is 0. The molecular formula is C29H49N2+. The maximum atomic E-state index is 3.62. The average Bonchev–Trinajstić information content (AvgIpc) is 3.25. The lowest BCUT2D eigenvalue weighted by Gasteiger charge is -2.14. The highest BCUT2D eigenvalue weighted by molar-refractivity contribution is 5.13. The minimum atomic E-state index is 0.671. The number of imidazole rings is 1. The third-order valence-corrected chi connectivity index (χ3v) is 6.69. The van der Waals surface area contributed by atoms with E-state index < -0.39 is 0 Å². The van der Waals surface area contributed by atoms with Crippen LogP contribution < -0.4 is 4.57 Å². The molecule has 1 heterocycles. The molecule has 2 nitrogen and oxygen atoms in total. The van der Waals surface area contributed by atoms with Gasteiger partial charge in [-0.3, -0.25) is 0 Å². The molecule has 1 aromatic heterocycles. The van der Waals surface area contributed by atoms with Gasteiger partial charge in [0.15, 0.2) is 0 Å². The Kier molecular flexibility index (Phi) is 14.1. The molecule has 0 spiro atoms. The molecule has 0 unspecified atom stereocenters. The van der Waals surface area contributed by atoms with Crippen LogP contribution >= 0.6 is 0 Å². The molecule has 1 atom stereocenters. The average molecular weight is 426 g/mol. The summed E-state index contributed by atoms with van der Waals surface area (Å²) >= 11 is 0. The number of aromatic nitrogens is 2. The second-order valence-electron chi connectivity index (χ2n) is 9.48. The first-order valence-electron chi connectivity index (χ1n) is 13.5. The van der Waals surface area contributed by atoms with Crippen molar-refractivity contribution in [3.05, 3.63) is 54.1 Å². The quantitative estimate of drug-likeness (QED) is 0.171. The van der Waals surface area contributed by atoms with Crippen LogP contribution in [0.25, 0.3) is 0 Å². The number of aromatic amines is 1. The summed E-state index contributed by atoms with van der Waals surface area (Å²) in [5, 5.41) is 0. The molecule has 2 aromatic rings. The Labute approximate surface area is 192 Å². The summed E-state index contributed by atoms with van der Waals surface area (Å²) in [7, 11) is 0. The van der Waals surface area contributed by atoms with Crippen molar-refractivity contribution >= 4 is 0 Å². The summed E-state index contributed by atoms with van der Waals surface area (Å²) < 4.78 is 2.46. The number of nitrogens with one attached hydrogen (secondary N) is 1. The van der Waals surface area contributed by atoms with Crippen molar-refractivity contribution in [2.45, 2.75) is 129 Å². The standard InChI is InChI=1S/C29H48N2/c1-3-5-7-9-10-11-12-14-19-23-28(22-18-13-8-6-4-2)29-30-24-25-31(29)26-27-20-16-15-17-21-27/h15-17,20-21,24-25,28H,3-14,18-19,22-23,26H2,1-2H3/p+1/t28-/m0/s1. The lowest BCUT2D eigenvalue weighted by atomic mass is 9.93. The lowest BCUT2D eigenvalue weighted by Crippen LogP contribution is -2.38. The predicted octanol–water partition coefficient (Wildman–Crippen LogP) is 8.72. The van der Waals surface area contributed by atoms with Crippen LogP contribution in [0.15, 0.2) is 42.7 Å². The highest BCUT2D eigenvalue weighted by atomic mass is 15.1. The monoisotopic (exact) mass is 425 g/mol. The number of nitrogens with zero attached hydrogens (tertiary/aromatic N) is 1. The van der Waals surface area contributed by atoms with Crippen LogP contribution in [0.1, 0.15) is 134 Å². The van der Waals surface area contributed by atoms with Crippen molar-refractivity contribution in [2.24, 2.45) is 0 Å². The van der Waals surface area contributed by atoms with E-state index in [-0.39, 0.29) is 0 Å². The van der Waals surface area contributed by atoms with Gasteiger partial charge in [0, 0.05) is 0 Å². The molecule has 2 heteroatoms. The molecule has 0 fully saturated rings. The number of unbranched alkanes of at least 4 members (excludes halogenated alkanes) is 12. The molecule has 0 saturated heterocycles. The Morgan fingerprint density at radius 2 is 1.19 bits per heavy atom. The normalized spacial score (nSPS) is 12.3. The van der Waals surface area contributed by atoms with E-state index in [1.165, 1.54) is 114 Å². The largest absolute Gasteiger partial charge is 0.257 e. The highest BCUT2D eigenvalue weighted by Crippen LogP contribution is 2.26. The first kappa shape index (κ1) is 25.7. The highest BCUT2D eigenvalue weighted by Gasteiger charge is 2.22. The zero-order valence-corrected chi connectivity index (χ0v) is 20.6. The number of hydrogen-bond donors (Lipinski definition) is 1. The van der Waals surface area contributed by atoms with Gasteiger partial charge in [0.25, 0.3) is 5.82 Å². The number of H-pyrrole nitrogens is 1. The molecule has 0 aliphatic rings. The van der Waals surface area contributed by atoms with E-state index in [1.54, 1.807) is 0 Å². The number of rotatable bonds is 19. The van der Waals surface area contributed by atoms with E-state index >= 15 is 0 Å². The van der Waals surface area contributed by atoms with Crippen molar-refractivity contribution in [1.82, 2.24) is 4.98 Å². The van der Waals surface area contributed by atoms with Gasteiger partial charge in [-0.1, -0.05) is 134 Å². The predicted molar refractivity (Wildman–Crippen MR) is 134 cm³/mol. The topological polar surface area (TPSA) is 19.7 Å². The molecule has 0 aliphatic heterocycles. The molecular weight excluding hydrogens is 376 g/mol. The minimum absolute atomic E-state index is 0.671. The van der Waals surface area contributed by atoms with E-state index in [2.05, 4.69) is 66.1 Å². The maximum Gasteiger partial charge on any atom is 0.257 e. The van der Waals surface area contributed by atoms with E-state index in [1.807, 2.05) is 0 Å². The summed E-state index contributed by atoms with van der Waals surface area (Å²) in [4.78, 5) is 3.62. The first-order chi connectivity index (χ1) is 15.3. The SMILES string of the molecule is CCCCCCCCCCC[C@H](CCCCCCC)c1[nH]cc[n+]1Cc1ccccc1. The van der Waals surface area contributed by atoms with E-state index in [0.717, 1.165) is 6.54 Å². The van der Waals surface area contributed by atoms with Gasteiger partial charge in [0.05, 0.1) is 5.92 Å². The third kappa shape index (κ3) is 11.0. The summed E-state index contributed by atoms with van der Waals surface area (Å²) in [6, 6.07) is 10.9. The summed E-state index contributed by atoms with van der Waals surface area (Å²) in [6.07, 6.45) is 26.6. The summed E-state index contributed by atoms with van der Waals surface area (Å²) in [5.74, 6) is 2.11. The Morgan fingerprint density at radius 1 is 0.677 bits per heavy atom. The van der Waals surface area contributed by atoms with Crippen LogP contribution in [-0.2, 0) is 6.54 Å². The molecule has 0 saturated carbocycles. The molecule has 1 aromatic carbocycles. The van der Waals surface area contributed by atoms with Gasteiger partial charge >= 0.3 is 0 Å². The van der Waals surface area contributed by atoms with Crippen molar-refractivity contribution in [2.75, 3.05) is 0 Å². The van der Waals surface area contributed by atoms with Gasteiger partial charge in [-0.05, 0) is 18.4 Å². The van der Waals surface area contributed by atoms with Crippen molar-refractivity contribution in [3.63, 3.8) is 0 Å². The van der Waals surface area contributed by atoms with E-state index in [4.69, 9.17) is 0 Å². The number of benzene rings is 1. The molecule has 31 heavy (non-hydrogen) atoms. The molecule has 0 bridgehead atoms. The fraction of sp³-hybridized carbons (Fsp3) is 0.690. The van der Waals surface area contributed by atoms with Crippen LogP contribution in [0, 0.1) is 0 Å². The first-order valence-corrected chi connectivity index (χ1v) is 13.5.